The smallest absolute Gasteiger partial charge is 0.415 e. The monoisotopic (exact) mass is 760 g/mol. The Kier molecular flexibility index (Phi) is 13.4. The molecule has 0 aromatic heterocycles. The van der Waals surface area contributed by atoms with Crippen molar-refractivity contribution in [2.45, 2.75) is 77.2 Å². The summed E-state index contributed by atoms with van der Waals surface area (Å²) in [4.78, 5) is 41.0. The van der Waals surface area contributed by atoms with E-state index in [1.807, 2.05) is 56.3 Å². The number of rotatable bonds is 12. The Hall–Kier alpha value is -4.33. The summed E-state index contributed by atoms with van der Waals surface area (Å²) in [5.74, 6) is -3.81. The number of fused-ring (bicyclic) bond motifs is 3. The van der Waals surface area contributed by atoms with Crippen molar-refractivity contribution in [3.8, 4) is 11.5 Å². The van der Waals surface area contributed by atoms with Gasteiger partial charge in [-0.05, 0) is 80.5 Å². The molecule has 12 heteroatoms. The number of benzene rings is 2. The zero-order valence-corrected chi connectivity index (χ0v) is 33.0. The van der Waals surface area contributed by atoms with Crippen molar-refractivity contribution in [3.05, 3.63) is 95.1 Å². The molecule has 5 rings (SSSR count). The van der Waals surface area contributed by atoms with Gasteiger partial charge >= 0.3 is 12.1 Å². The summed E-state index contributed by atoms with van der Waals surface area (Å²) in [7, 11) is 4.87. The SMILES string of the molecule is C=C(C)C1C[C@@H](C)C2C3C=C(C)C(=O)C3(O)CC(COC(=O)Cc3ccc(OC(=O)N(C)CCNC)c(OC)c3)=C[C@H]2C(C)O[C@](O)(Cc2ccccc2)O1. The van der Waals surface area contributed by atoms with Gasteiger partial charge in [-0.25, -0.2) is 4.79 Å². The van der Waals surface area contributed by atoms with Gasteiger partial charge in [0.05, 0.1) is 32.2 Å². The summed E-state index contributed by atoms with van der Waals surface area (Å²) in [5, 5.41) is 27.3. The lowest BCUT2D eigenvalue weighted by Gasteiger charge is -2.40. The molecule has 1 saturated heterocycles. The summed E-state index contributed by atoms with van der Waals surface area (Å²) in [6.07, 6.45) is 2.44. The van der Waals surface area contributed by atoms with E-state index < -0.39 is 47.7 Å². The predicted octanol–water partition coefficient (Wildman–Crippen LogP) is 5.16. The molecule has 1 heterocycles. The van der Waals surface area contributed by atoms with Crippen LogP contribution in [0.2, 0.25) is 0 Å². The van der Waals surface area contributed by atoms with Gasteiger partial charge in [-0.3, -0.25) is 9.59 Å². The largest absolute Gasteiger partial charge is 0.493 e. The molecule has 55 heavy (non-hydrogen) atoms. The first-order valence-corrected chi connectivity index (χ1v) is 18.9. The van der Waals surface area contributed by atoms with Crippen LogP contribution in [-0.2, 0) is 36.6 Å². The average Bonchev–Trinajstić information content (AvgIpc) is 3.28. The fourth-order valence-electron chi connectivity index (χ4n) is 8.15. The van der Waals surface area contributed by atoms with Gasteiger partial charge in [-0.1, -0.05) is 67.6 Å². The molecule has 2 aromatic carbocycles. The van der Waals surface area contributed by atoms with Crippen molar-refractivity contribution >= 4 is 17.8 Å². The van der Waals surface area contributed by atoms with Crippen molar-refractivity contribution in [3.63, 3.8) is 0 Å². The van der Waals surface area contributed by atoms with E-state index in [4.69, 9.17) is 23.7 Å². The quantitative estimate of drug-likeness (QED) is 0.194. The minimum Gasteiger partial charge on any atom is -0.493 e. The summed E-state index contributed by atoms with van der Waals surface area (Å²) < 4.78 is 29.6. The Bertz CT molecular complexity index is 1790. The number of nitrogens with one attached hydrogen (secondary N) is 1. The minimum atomic E-state index is -2.00. The maximum atomic E-state index is 13.7. The van der Waals surface area contributed by atoms with Crippen LogP contribution in [0.25, 0.3) is 0 Å². The fraction of sp³-hybridized carbons (Fsp3) is 0.512. The number of hydrogen-bond acceptors (Lipinski definition) is 11. The molecule has 3 aliphatic rings. The van der Waals surface area contributed by atoms with E-state index in [2.05, 4.69) is 18.8 Å². The van der Waals surface area contributed by atoms with E-state index in [1.54, 1.807) is 39.2 Å². The molecule has 2 aromatic rings. The Labute approximate surface area is 324 Å². The second-order valence-electron chi connectivity index (χ2n) is 15.4. The fourth-order valence-corrected chi connectivity index (χ4v) is 8.15. The van der Waals surface area contributed by atoms with Gasteiger partial charge in [0.15, 0.2) is 17.3 Å². The number of nitrogens with zero attached hydrogens (tertiary/aromatic N) is 1. The van der Waals surface area contributed by atoms with Gasteiger partial charge in [0, 0.05) is 38.4 Å². The second-order valence-corrected chi connectivity index (χ2v) is 15.4. The number of ether oxygens (including phenoxy) is 5. The molecule has 5 unspecified atom stereocenters. The molecule has 298 valence electrons. The van der Waals surface area contributed by atoms with Crippen molar-refractivity contribution in [1.82, 2.24) is 10.2 Å². The molecule has 3 N–H and O–H groups in total. The molecule has 1 amide bonds. The first-order chi connectivity index (χ1) is 26.1. The number of esters is 1. The van der Waals surface area contributed by atoms with Crippen LogP contribution in [0.15, 0.2) is 84.0 Å². The summed E-state index contributed by atoms with van der Waals surface area (Å²) in [6.45, 7) is 12.5. The first-order valence-electron chi connectivity index (χ1n) is 18.9. The summed E-state index contributed by atoms with van der Waals surface area (Å²) >= 11 is 0. The third kappa shape index (κ3) is 9.74. The Morgan fingerprint density at radius 3 is 2.45 bits per heavy atom. The molecule has 2 aliphatic carbocycles. The van der Waals surface area contributed by atoms with Gasteiger partial charge < -0.3 is 44.1 Å². The Morgan fingerprint density at radius 2 is 1.78 bits per heavy atom. The van der Waals surface area contributed by atoms with Crippen LogP contribution >= 0.6 is 0 Å². The van der Waals surface area contributed by atoms with Crippen molar-refractivity contribution < 1.29 is 48.3 Å². The second kappa shape index (κ2) is 17.6. The lowest BCUT2D eigenvalue weighted by atomic mass is 9.67. The zero-order valence-electron chi connectivity index (χ0n) is 33.0. The standard InChI is InChI=1S/C43H56N2O10/c1-26(2)36-19-27(3)39-33(29(5)54-43(50,55-36)24-30-12-10-9-11-13-30)20-32(23-42(49)34(39)18-28(4)40(42)47)25-52-38(46)22-31-14-15-35(37(21-31)51-8)53-41(48)45(7)17-16-44-6/h9-15,18,20-21,27,29,33-34,36,39,44,49-50H,1,16-17,19,22-25H2,2-8H3/t27-,29?,33+,34?,36?,39?,42?,43-/m1/s1. The van der Waals surface area contributed by atoms with Crippen LogP contribution in [0.3, 0.4) is 0 Å². The average molecular weight is 761 g/mol. The molecular weight excluding hydrogens is 704 g/mol. The molecule has 1 fully saturated rings. The summed E-state index contributed by atoms with van der Waals surface area (Å²) in [6, 6.07) is 14.3. The third-order valence-corrected chi connectivity index (χ3v) is 11.0. The number of Topliss-reactive ketones (excluding diaryl/α,β-unsaturated/α-hetero) is 1. The van der Waals surface area contributed by atoms with Gasteiger partial charge in [0.25, 0.3) is 5.97 Å². The highest BCUT2D eigenvalue weighted by molar-refractivity contribution is 6.04. The van der Waals surface area contributed by atoms with Crippen LogP contribution in [0.5, 0.6) is 11.5 Å². The Morgan fingerprint density at radius 1 is 1.05 bits per heavy atom. The number of likely N-dealkylation sites (N-methyl/N-ethyl adjacent to an activating group) is 2. The highest BCUT2D eigenvalue weighted by atomic mass is 16.8. The van der Waals surface area contributed by atoms with Gasteiger partial charge in [0.1, 0.15) is 12.2 Å². The van der Waals surface area contributed by atoms with Crippen LogP contribution in [0.1, 0.15) is 51.7 Å². The first kappa shape index (κ1) is 41.8. The lowest BCUT2D eigenvalue weighted by molar-refractivity contribution is -0.384. The molecule has 0 spiro atoms. The van der Waals surface area contributed by atoms with Crippen molar-refractivity contribution in [2.75, 3.05) is 40.9 Å². The topological polar surface area (TPSA) is 153 Å². The number of carbonyl (C=O) groups excluding carboxylic acids is 3. The zero-order chi connectivity index (χ0) is 40.1. The molecule has 0 radical (unpaired) electrons. The van der Waals surface area contributed by atoms with Gasteiger partial charge in [0.2, 0.25) is 0 Å². The molecule has 0 bridgehead atoms. The molecule has 8 atom stereocenters. The number of ketones is 1. The molecule has 0 saturated carbocycles. The van der Waals surface area contributed by atoms with Crippen molar-refractivity contribution in [1.29, 1.82) is 0 Å². The van der Waals surface area contributed by atoms with E-state index >= 15 is 0 Å². The number of carbonyl (C=O) groups is 3. The highest BCUT2D eigenvalue weighted by Gasteiger charge is 2.56. The third-order valence-electron chi connectivity index (χ3n) is 11.0. The molecular formula is C43H56N2O10. The van der Waals surface area contributed by atoms with Crippen molar-refractivity contribution in [2.24, 2.45) is 23.7 Å². The molecule has 1 aliphatic heterocycles. The maximum Gasteiger partial charge on any atom is 0.415 e. The van der Waals surface area contributed by atoms with E-state index in [9.17, 15) is 24.6 Å². The maximum absolute atomic E-state index is 13.7. The number of methoxy groups -OCH3 is 1. The van der Waals surface area contributed by atoms with E-state index in [-0.39, 0.29) is 55.0 Å². The number of hydrogen-bond donors (Lipinski definition) is 3. The van der Waals surface area contributed by atoms with E-state index in [0.29, 0.717) is 36.2 Å². The van der Waals surface area contributed by atoms with E-state index in [0.717, 1.165) is 11.1 Å². The lowest BCUT2D eigenvalue weighted by Crippen LogP contribution is -2.48. The highest BCUT2D eigenvalue weighted by Crippen LogP contribution is 2.51. The summed E-state index contributed by atoms with van der Waals surface area (Å²) in [5.41, 5.74) is 1.40. The molecule has 12 nitrogen and oxygen atoms in total. The normalized spacial score (nSPS) is 29.2. The van der Waals surface area contributed by atoms with Crippen LogP contribution in [0.4, 0.5) is 4.79 Å². The van der Waals surface area contributed by atoms with Crippen LogP contribution < -0.4 is 14.8 Å². The van der Waals surface area contributed by atoms with Crippen LogP contribution in [0, 0.1) is 23.7 Å². The number of aliphatic hydroxyl groups is 2. The van der Waals surface area contributed by atoms with Gasteiger partial charge in [-0.15, -0.1) is 0 Å². The van der Waals surface area contributed by atoms with Crippen LogP contribution in [-0.4, -0.2) is 97.6 Å². The van der Waals surface area contributed by atoms with Gasteiger partial charge in [-0.2, -0.15) is 0 Å². The Balaban J connectivity index is 1.39. The predicted molar refractivity (Wildman–Crippen MR) is 206 cm³/mol. The minimum absolute atomic E-state index is 0.0323. The number of amides is 1. The van der Waals surface area contributed by atoms with E-state index in [1.165, 1.54) is 12.0 Å².